The van der Waals surface area contributed by atoms with E-state index in [-0.39, 0.29) is 5.41 Å². The summed E-state index contributed by atoms with van der Waals surface area (Å²) in [5.41, 5.74) is 3.27. The van der Waals surface area contributed by atoms with E-state index in [1.54, 1.807) is 5.56 Å². The van der Waals surface area contributed by atoms with Gasteiger partial charge in [0.25, 0.3) is 0 Å². The van der Waals surface area contributed by atoms with E-state index in [1.165, 1.54) is 50.6 Å². The molecule has 21 heavy (non-hydrogen) atoms. The molecule has 0 heterocycles. The summed E-state index contributed by atoms with van der Waals surface area (Å²) in [4.78, 5) is 0. The van der Waals surface area contributed by atoms with Crippen LogP contribution < -0.4 is 5.32 Å². The molecule has 1 unspecified atom stereocenters. The first-order valence-electron chi connectivity index (χ1n) is 8.88. The monoisotopic (exact) mass is 285 g/mol. The van der Waals surface area contributed by atoms with Gasteiger partial charge in [0, 0.05) is 12.6 Å². The van der Waals surface area contributed by atoms with Gasteiger partial charge < -0.3 is 5.32 Å². The summed E-state index contributed by atoms with van der Waals surface area (Å²) >= 11 is 0. The van der Waals surface area contributed by atoms with E-state index in [4.69, 9.17) is 0 Å². The van der Waals surface area contributed by atoms with Crippen molar-refractivity contribution in [2.24, 2.45) is 5.92 Å². The fourth-order valence-corrected chi connectivity index (χ4v) is 3.73. The number of nitrogens with one attached hydrogen (secondary N) is 1. The summed E-state index contributed by atoms with van der Waals surface area (Å²) in [7, 11) is 0. The third-order valence-corrected chi connectivity index (χ3v) is 5.38. The van der Waals surface area contributed by atoms with Crippen LogP contribution in [-0.4, -0.2) is 12.6 Å². The van der Waals surface area contributed by atoms with Crippen LogP contribution in [0.25, 0.3) is 0 Å². The topological polar surface area (TPSA) is 12.0 Å². The minimum atomic E-state index is 0.258. The van der Waals surface area contributed by atoms with Crippen molar-refractivity contribution in [3.63, 3.8) is 0 Å². The fraction of sp³-hybridized carbons (Fsp3) is 0.700. The third-order valence-electron chi connectivity index (χ3n) is 5.38. The Morgan fingerprint density at radius 1 is 1.00 bits per heavy atom. The second-order valence-corrected chi connectivity index (χ2v) is 8.21. The smallest absolute Gasteiger partial charge is 0.00684 e. The largest absolute Gasteiger partial charge is 0.313 e. The molecule has 116 valence electrons. The van der Waals surface area contributed by atoms with Crippen molar-refractivity contribution >= 4 is 0 Å². The molecule has 0 saturated heterocycles. The Kier molecular flexibility index (Phi) is 4.40. The van der Waals surface area contributed by atoms with Gasteiger partial charge in [-0.2, -0.15) is 0 Å². The van der Waals surface area contributed by atoms with Crippen LogP contribution in [0.1, 0.15) is 76.3 Å². The highest BCUT2D eigenvalue weighted by atomic mass is 14.9. The van der Waals surface area contributed by atoms with Crippen LogP contribution in [0.5, 0.6) is 0 Å². The van der Waals surface area contributed by atoms with Crippen molar-refractivity contribution in [2.45, 2.75) is 76.7 Å². The van der Waals surface area contributed by atoms with Crippen LogP contribution in [-0.2, 0) is 5.41 Å². The highest BCUT2D eigenvalue weighted by Crippen LogP contribution is 2.38. The fourth-order valence-electron chi connectivity index (χ4n) is 3.73. The molecule has 2 fully saturated rings. The predicted octanol–water partition coefficient (Wildman–Crippen LogP) is 5.01. The SMILES string of the molecule is CC(C)(C)c1ccc(C(CNC2CC2)C2CCCC2)cc1. The zero-order chi connectivity index (χ0) is 14.9. The number of benzene rings is 1. The standard InChI is InChI=1S/C20H31N/c1-20(2,3)17-10-8-16(9-11-17)19(14-21-18-12-13-18)15-6-4-5-7-15/h8-11,15,18-19,21H,4-7,12-14H2,1-3H3. The lowest BCUT2D eigenvalue weighted by atomic mass is 9.82. The van der Waals surface area contributed by atoms with Crippen LogP contribution >= 0.6 is 0 Å². The van der Waals surface area contributed by atoms with Crippen LogP contribution in [0.4, 0.5) is 0 Å². The van der Waals surface area contributed by atoms with Gasteiger partial charge in [0.2, 0.25) is 0 Å². The highest BCUT2D eigenvalue weighted by Gasteiger charge is 2.29. The molecule has 1 aromatic rings. The van der Waals surface area contributed by atoms with E-state index in [0.29, 0.717) is 0 Å². The van der Waals surface area contributed by atoms with Gasteiger partial charge in [0.05, 0.1) is 0 Å². The Bertz CT molecular complexity index is 444. The normalized spacial score (nSPS) is 21.7. The van der Waals surface area contributed by atoms with E-state index >= 15 is 0 Å². The first kappa shape index (κ1) is 15.1. The maximum Gasteiger partial charge on any atom is 0.00684 e. The van der Waals surface area contributed by atoms with E-state index in [2.05, 4.69) is 50.4 Å². The minimum absolute atomic E-state index is 0.258. The number of hydrogen-bond donors (Lipinski definition) is 1. The molecule has 2 saturated carbocycles. The van der Waals surface area contributed by atoms with E-state index in [1.807, 2.05) is 0 Å². The van der Waals surface area contributed by atoms with Crippen molar-refractivity contribution < 1.29 is 0 Å². The molecule has 3 rings (SSSR count). The second kappa shape index (κ2) is 6.12. The molecule has 0 bridgehead atoms. The molecular weight excluding hydrogens is 254 g/mol. The van der Waals surface area contributed by atoms with Crippen molar-refractivity contribution in [1.82, 2.24) is 5.32 Å². The summed E-state index contributed by atoms with van der Waals surface area (Å²) in [6.07, 6.45) is 8.51. The van der Waals surface area contributed by atoms with Crippen LogP contribution in [0.2, 0.25) is 0 Å². The molecule has 0 amide bonds. The number of hydrogen-bond acceptors (Lipinski definition) is 1. The van der Waals surface area contributed by atoms with Crippen LogP contribution in [0.15, 0.2) is 24.3 Å². The maximum absolute atomic E-state index is 3.78. The van der Waals surface area contributed by atoms with E-state index < -0.39 is 0 Å². The van der Waals surface area contributed by atoms with E-state index in [9.17, 15) is 0 Å². The lowest BCUT2D eigenvalue weighted by molar-refractivity contribution is 0.410. The first-order chi connectivity index (χ1) is 10.0. The maximum atomic E-state index is 3.78. The molecule has 1 atom stereocenters. The van der Waals surface area contributed by atoms with Crippen molar-refractivity contribution in [1.29, 1.82) is 0 Å². The Labute approximate surface area is 130 Å². The molecule has 1 heteroatoms. The van der Waals surface area contributed by atoms with Crippen molar-refractivity contribution in [3.8, 4) is 0 Å². The van der Waals surface area contributed by atoms with Crippen molar-refractivity contribution in [3.05, 3.63) is 35.4 Å². The summed E-state index contributed by atoms with van der Waals surface area (Å²) in [5.74, 6) is 1.62. The highest BCUT2D eigenvalue weighted by molar-refractivity contribution is 5.30. The molecule has 0 aromatic heterocycles. The zero-order valence-electron chi connectivity index (χ0n) is 14.0. The first-order valence-corrected chi connectivity index (χ1v) is 8.88. The van der Waals surface area contributed by atoms with Gasteiger partial charge in [-0.3, -0.25) is 0 Å². The molecule has 0 aliphatic heterocycles. The third kappa shape index (κ3) is 3.88. The zero-order valence-corrected chi connectivity index (χ0v) is 14.0. The Morgan fingerprint density at radius 3 is 2.14 bits per heavy atom. The molecule has 2 aliphatic carbocycles. The van der Waals surface area contributed by atoms with Gasteiger partial charge >= 0.3 is 0 Å². The van der Waals surface area contributed by atoms with Gasteiger partial charge in [0.1, 0.15) is 0 Å². The Morgan fingerprint density at radius 2 is 1.62 bits per heavy atom. The molecule has 1 nitrogen and oxygen atoms in total. The Hall–Kier alpha value is -0.820. The average molecular weight is 285 g/mol. The molecule has 1 N–H and O–H groups in total. The summed E-state index contributed by atoms with van der Waals surface area (Å²) in [6, 6.07) is 10.3. The molecule has 2 aliphatic rings. The van der Waals surface area contributed by atoms with Gasteiger partial charge in [-0.1, -0.05) is 57.9 Å². The van der Waals surface area contributed by atoms with Gasteiger partial charge in [-0.05, 0) is 54.1 Å². The lowest BCUT2D eigenvalue weighted by Crippen LogP contribution is -2.27. The Balaban J connectivity index is 1.74. The average Bonchev–Trinajstić information content (AvgIpc) is 3.12. The summed E-state index contributed by atoms with van der Waals surface area (Å²) in [6.45, 7) is 8.07. The predicted molar refractivity (Wildman–Crippen MR) is 90.9 cm³/mol. The molecule has 0 radical (unpaired) electrons. The molecular formula is C20H31N. The van der Waals surface area contributed by atoms with Gasteiger partial charge in [0.15, 0.2) is 0 Å². The minimum Gasteiger partial charge on any atom is -0.313 e. The van der Waals surface area contributed by atoms with Gasteiger partial charge in [-0.25, -0.2) is 0 Å². The van der Waals surface area contributed by atoms with Gasteiger partial charge in [-0.15, -0.1) is 0 Å². The lowest BCUT2D eigenvalue weighted by Gasteiger charge is -2.26. The quantitative estimate of drug-likeness (QED) is 0.802. The second-order valence-electron chi connectivity index (χ2n) is 8.21. The van der Waals surface area contributed by atoms with Crippen LogP contribution in [0, 0.1) is 5.92 Å². The molecule has 1 aromatic carbocycles. The van der Waals surface area contributed by atoms with E-state index in [0.717, 1.165) is 17.9 Å². The number of rotatable bonds is 5. The van der Waals surface area contributed by atoms with Crippen molar-refractivity contribution in [2.75, 3.05) is 6.54 Å². The summed E-state index contributed by atoms with van der Waals surface area (Å²) in [5, 5.41) is 3.78. The summed E-state index contributed by atoms with van der Waals surface area (Å²) < 4.78 is 0. The van der Waals surface area contributed by atoms with Crippen LogP contribution in [0.3, 0.4) is 0 Å². The molecule has 0 spiro atoms.